The first-order chi connectivity index (χ1) is 10.5. The van der Waals surface area contributed by atoms with Crippen LogP contribution >= 0.6 is 22.7 Å². The standard InChI is InChI=1S/C16H21N3OS2/c1-5-13-18-11-7-6-8-12(15(11)22-13)19(4)16(20)14-9(2)17-10(3)21-14/h12H,5-8H2,1-4H3/t12-/m0/s1. The van der Waals surface area contributed by atoms with Crippen molar-refractivity contribution in [1.29, 1.82) is 0 Å². The van der Waals surface area contributed by atoms with Gasteiger partial charge >= 0.3 is 0 Å². The number of thiazole rings is 2. The number of carbonyl (C=O) groups is 1. The molecule has 0 aliphatic heterocycles. The molecule has 0 aromatic carbocycles. The Kier molecular flexibility index (Phi) is 4.32. The maximum absolute atomic E-state index is 12.8. The minimum absolute atomic E-state index is 0.0902. The summed E-state index contributed by atoms with van der Waals surface area (Å²) in [6.45, 7) is 6.00. The molecule has 0 fully saturated rings. The second-order valence-corrected chi connectivity index (χ2v) is 8.06. The summed E-state index contributed by atoms with van der Waals surface area (Å²) in [5.74, 6) is 0.0902. The summed E-state index contributed by atoms with van der Waals surface area (Å²) in [4.78, 5) is 25.9. The highest BCUT2D eigenvalue weighted by atomic mass is 32.1. The molecule has 0 saturated carbocycles. The van der Waals surface area contributed by atoms with Gasteiger partial charge in [0.1, 0.15) is 4.88 Å². The summed E-state index contributed by atoms with van der Waals surface area (Å²) in [7, 11) is 1.92. The van der Waals surface area contributed by atoms with Crippen molar-refractivity contribution < 1.29 is 4.79 Å². The predicted molar refractivity (Wildman–Crippen MR) is 90.9 cm³/mol. The average Bonchev–Trinajstić information content (AvgIpc) is 3.07. The van der Waals surface area contributed by atoms with Crippen LogP contribution in [-0.4, -0.2) is 27.8 Å². The smallest absolute Gasteiger partial charge is 0.266 e. The van der Waals surface area contributed by atoms with Crippen molar-refractivity contribution in [2.24, 2.45) is 0 Å². The number of nitrogens with zero attached hydrogens (tertiary/aromatic N) is 3. The molecule has 0 bridgehead atoms. The Bertz CT molecular complexity index is 704. The highest BCUT2D eigenvalue weighted by molar-refractivity contribution is 7.13. The fourth-order valence-corrected chi connectivity index (χ4v) is 5.13. The van der Waals surface area contributed by atoms with Crippen molar-refractivity contribution in [2.75, 3.05) is 7.05 Å². The van der Waals surface area contributed by atoms with E-state index in [1.807, 2.05) is 25.8 Å². The molecule has 2 aromatic heterocycles. The molecule has 4 nitrogen and oxygen atoms in total. The number of aromatic nitrogens is 2. The maximum atomic E-state index is 12.8. The lowest BCUT2D eigenvalue weighted by molar-refractivity contribution is 0.0722. The van der Waals surface area contributed by atoms with Gasteiger partial charge in [0.05, 0.1) is 32.3 Å². The summed E-state index contributed by atoms with van der Waals surface area (Å²) >= 11 is 3.27. The number of fused-ring (bicyclic) bond motifs is 1. The van der Waals surface area contributed by atoms with Crippen LogP contribution in [0, 0.1) is 13.8 Å². The topological polar surface area (TPSA) is 46.1 Å². The van der Waals surface area contributed by atoms with Gasteiger partial charge in [0.15, 0.2) is 0 Å². The first kappa shape index (κ1) is 15.6. The number of rotatable bonds is 3. The highest BCUT2D eigenvalue weighted by Crippen LogP contribution is 2.38. The molecule has 1 amide bonds. The van der Waals surface area contributed by atoms with Crippen LogP contribution in [0.25, 0.3) is 0 Å². The first-order valence-corrected chi connectivity index (χ1v) is 9.34. The molecule has 0 unspecified atom stereocenters. The maximum Gasteiger partial charge on any atom is 0.266 e. The molecule has 22 heavy (non-hydrogen) atoms. The lowest BCUT2D eigenvalue weighted by atomic mass is 9.97. The predicted octanol–water partition coefficient (Wildman–Crippen LogP) is 3.93. The number of amides is 1. The average molecular weight is 335 g/mol. The molecular weight excluding hydrogens is 314 g/mol. The van der Waals surface area contributed by atoms with Gasteiger partial charge in [-0.1, -0.05) is 6.92 Å². The van der Waals surface area contributed by atoms with Crippen LogP contribution < -0.4 is 0 Å². The van der Waals surface area contributed by atoms with E-state index < -0.39 is 0 Å². The molecule has 1 atom stereocenters. The molecule has 0 N–H and O–H groups in total. The Morgan fingerprint density at radius 1 is 1.32 bits per heavy atom. The second kappa shape index (κ2) is 6.08. The third kappa shape index (κ3) is 2.70. The quantitative estimate of drug-likeness (QED) is 0.854. The number of carbonyl (C=O) groups excluding carboxylic acids is 1. The van der Waals surface area contributed by atoms with Crippen molar-refractivity contribution in [3.63, 3.8) is 0 Å². The van der Waals surface area contributed by atoms with Crippen molar-refractivity contribution >= 4 is 28.6 Å². The van der Waals surface area contributed by atoms with Crippen molar-refractivity contribution in [3.05, 3.63) is 31.2 Å². The lowest BCUT2D eigenvalue weighted by Gasteiger charge is -2.30. The molecule has 2 heterocycles. The zero-order chi connectivity index (χ0) is 15.9. The van der Waals surface area contributed by atoms with Crippen LogP contribution in [-0.2, 0) is 12.8 Å². The largest absolute Gasteiger partial charge is 0.333 e. The Labute approximate surface area is 139 Å². The van der Waals surface area contributed by atoms with Gasteiger partial charge in [-0.2, -0.15) is 0 Å². The molecule has 6 heteroatoms. The van der Waals surface area contributed by atoms with Crippen molar-refractivity contribution in [1.82, 2.24) is 14.9 Å². The zero-order valence-corrected chi connectivity index (χ0v) is 15.1. The third-order valence-corrected chi connectivity index (χ3v) is 6.56. The zero-order valence-electron chi connectivity index (χ0n) is 13.5. The van der Waals surface area contributed by atoms with Crippen LogP contribution in [0.1, 0.15) is 61.8 Å². The van der Waals surface area contributed by atoms with E-state index in [1.165, 1.54) is 26.9 Å². The summed E-state index contributed by atoms with van der Waals surface area (Å²) in [6, 6.07) is 0.163. The third-order valence-electron chi connectivity index (χ3n) is 4.15. The fourth-order valence-electron chi connectivity index (χ4n) is 3.00. The van der Waals surface area contributed by atoms with Gasteiger partial charge in [-0.3, -0.25) is 4.79 Å². The molecular formula is C16H21N3OS2. The van der Waals surface area contributed by atoms with E-state index in [0.29, 0.717) is 0 Å². The second-order valence-electron chi connectivity index (χ2n) is 5.74. The Balaban J connectivity index is 1.90. The van der Waals surface area contributed by atoms with E-state index in [0.717, 1.165) is 41.3 Å². The fraction of sp³-hybridized carbons (Fsp3) is 0.562. The van der Waals surface area contributed by atoms with E-state index >= 15 is 0 Å². The molecule has 118 valence electrons. The number of hydrogen-bond acceptors (Lipinski definition) is 5. The summed E-state index contributed by atoms with van der Waals surface area (Å²) < 4.78 is 0. The molecule has 2 aromatic rings. The van der Waals surface area contributed by atoms with Crippen LogP contribution in [0.2, 0.25) is 0 Å². The van der Waals surface area contributed by atoms with Gasteiger partial charge in [0, 0.05) is 7.05 Å². The molecule has 0 spiro atoms. The van der Waals surface area contributed by atoms with Gasteiger partial charge < -0.3 is 4.90 Å². The Morgan fingerprint density at radius 2 is 2.09 bits per heavy atom. The van der Waals surface area contributed by atoms with Crippen LogP contribution in [0.4, 0.5) is 0 Å². The molecule has 3 rings (SSSR count). The van der Waals surface area contributed by atoms with Gasteiger partial charge in [-0.15, -0.1) is 22.7 Å². The summed E-state index contributed by atoms with van der Waals surface area (Å²) in [5, 5.41) is 2.13. The molecule has 0 radical (unpaired) electrons. The van der Waals surface area contributed by atoms with Gasteiger partial charge in [0.25, 0.3) is 5.91 Å². The normalized spacial score (nSPS) is 17.4. The van der Waals surface area contributed by atoms with E-state index in [-0.39, 0.29) is 11.9 Å². The highest BCUT2D eigenvalue weighted by Gasteiger charge is 2.31. The molecule has 1 aliphatic rings. The van der Waals surface area contributed by atoms with Gasteiger partial charge in [-0.25, -0.2) is 9.97 Å². The first-order valence-electron chi connectivity index (χ1n) is 7.71. The summed E-state index contributed by atoms with van der Waals surface area (Å²) in [6.07, 6.45) is 4.14. The van der Waals surface area contributed by atoms with E-state index in [2.05, 4.69) is 11.9 Å². The van der Waals surface area contributed by atoms with Crippen molar-refractivity contribution in [3.8, 4) is 0 Å². The van der Waals surface area contributed by atoms with Crippen LogP contribution in [0.3, 0.4) is 0 Å². The molecule has 1 aliphatic carbocycles. The monoisotopic (exact) mass is 335 g/mol. The number of aryl methyl sites for hydroxylation is 4. The van der Waals surface area contributed by atoms with Crippen LogP contribution in [0.5, 0.6) is 0 Å². The van der Waals surface area contributed by atoms with Crippen LogP contribution in [0.15, 0.2) is 0 Å². The minimum atomic E-state index is 0.0902. The Morgan fingerprint density at radius 3 is 2.73 bits per heavy atom. The Hall–Kier alpha value is -1.27. The lowest BCUT2D eigenvalue weighted by Crippen LogP contribution is -2.32. The van der Waals surface area contributed by atoms with Crippen molar-refractivity contribution in [2.45, 2.75) is 52.5 Å². The van der Waals surface area contributed by atoms with Gasteiger partial charge in [-0.05, 0) is 39.5 Å². The summed E-state index contributed by atoms with van der Waals surface area (Å²) in [5.41, 5.74) is 2.05. The van der Waals surface area contributed by atoms with Gasteiger partial charge in [0.2, 0.25) is 0 Å². The SMILES string of the molecule is CCc1nc2c(s1)[C@@H](N(C)C(=O)c1sc(C)nc1C)CCC2. The minimum Gasteiger partial charge on any atom is -0.333 e. The molecule has 0 saturated heterocycles. The van der Waals surface area contributed by atoms with E-state index in [4.69, 9.17) is 4.98 Å². The number of hydrogen-bond donors (Lipinski definition) is 0. The van der Waals surface area contributed by atoms with E-state index in [1.54, 1.807) is 11.3 Å². The van der Waals surface area contributed by atoms with E-state index in [9.17, 15) is 4.79 Å².